The molecule has 0 aliphatic carbocycles. The van der Waals surface area contributed by atoms with Gasteiger partial charge < -0.3 is 11.1 Å². The van der Waals surface area contributed by atoms with E-state index in [1.807, 2.05) is 0 Å². The molecule has 1 aromatic carbocycles. The lowest BCUT2D eigenvalue weighted by Crippen LogP contribution is -2.13. The molecule has 0 atom stereocenters. The Bertz CT molecular complexity index is 540. The molecule has 86 valence electrons. The van der Waals surface area contributed by atoms with E-state index in [9.17, 15) is 4.79 Å². The van der Waals surface area contributed by atoms with Crippen LogP contribution in [-0.4, -0.2) is 10.9 Å². The third kappa shape index (κ3) is 2.73. The monoisotopic (exact) mass is 247 g/mol. The largest absolute Gasteiger partial charge is 0.398 e. The van der Waals surface area contributed by atoms with E-state index < -0.39 is 0 Å². The van der Waals surface area contributed by atoms with Crippen molar-refractivity contribution in [2.75, 3.05) is 11.1 Å². The van der Waals surface area contributed by atoms with Gasteiger partial charge in [0, 0.05) is 5.69 Å². The van der Waals surface area contributed by atoms with Crippen molar-refractivity contribution in [1.82, 2.24) is 4.98 Å². The van der Waals surface area contributed by atoms with Crippen LogP contribution in [0.2, 0.25) is 5.15 Å². The summed E-state index contributed by atoms with van der Waals surface area (Å²) in [4.78, 5) is 15.7. The fourth-order valence-electron chi connectivity index (χ4n) is 1.35. The standard InChI is InChI=1S/C12H10ClN3O/c13-11-6-5-8(7-15-11)16-12(17)9-3-1-2-4-10(9)14/h1-7H,14H2,(H,16,17). The second-order valence-corrected chi connectivity index (χ2v) is 3.80. The number of nitrogens with two attached hydrogens (primary N) is 1. The van der Waals surface area contributed by atoms with Crippen LogP contribution in [0.4, 0.5) is 11.4 Å². The summed E-state index contributed by atoms with van der Waals surface area (Å²) < 4.78 is 0. The Labute approximate surface area is 103 Å². The van der Waals surface area contributed by atoms with Gasteiger partial charge in [-0.1, -0.05) is 23.7 Å². The molecule has 5 heteroatoms. The lowest BCUT2D eigenvalue weighted by molar-refractivity contribution is 0.102. The van der Waals surface area contributed by atoms with E-state index in [-0.39, 0.29) is 5.91 Å². The van der Waals surface area contributed by atoms with Gasteiger partial charge in [-0.3, -0.25) is 4.79 Å². The van der Waals surface area contributed by atoms with Crippen LogP contribution in [0, 0.1) is 0 Å². The van der Waals surface area contributed by atoms with Crippen LogP contribution in [0.15, 0.2) is 42.6 Å². The number of halogens is 1. The molecule has 0 spiro atoms. The maximum absolute atomic E-state index is 11.9. The summed E-state index contributed by atoms with van der Waals surface area (Å²) in [5.74, 6) is -0.271. The minimum atomic E-state index is -0.271. The minimum absolute atomic E-state index is 0.271. The zero-order valence-electron chi connectivity index (χ0n) is 8.85. The van der Waals surface area contributed by atoms with E-state index in [4.69, 9.17) is 17.3 Å². The van der Waals surface area contributed by atoms with E-state index >= 15 is 0 Å². The van der Waals surface area contributed by atoms with Crippen LogP contribution in [0.5, 0.6) is 0 Å². The molecule has 1 amide bonds. The van der Waals surface area contributed by atoms with Gasteiger partial charge in [0.25, 0.3) is 5.91 Å². The van der Waals surface area contributed by atoms with Crippen molar-refractivity contribution in [3.05, 3.63) is 53.3 Å². The number of anilines is 2. The summed E-state index contributed by atoms with van der Waals surface area (Å²) in [7, 11) is 0. The smallest absolute Gasteiger partial charge is 0.257 e. The van der Waals surface area contributed by atoms with Crippen LogP contribution in [0.25, 0.3) is 0 Å². The number of hydrogen-bond acceptors (Lipinski definition) is 3. The lowest BCUT2D eigenvalue weighted by atomic mass is 10.1. The Morgan fingerprint density at radius 3 is 2.65 bits per heavy atom. The maximum Gasteiger partial charge on any atom is 0.257 e. The summed E-state index contributed by atoms with van der Waals surface area (Å²) in [6.45, 7) is 0. The number of aromatic nitrogens is 1. The molecular formula is C12H10ClN3O. The summed E-state index contributed by atoms with van der Waals surface area (Å²) in [5, 5.41) is 3.06. The number of nitrogen functional groups attached to an aromatic ring is 1. The van der Waals surface area contributed by atoms with Gasteiger partial charge in [-0.05, 0) is 24.3 Å². The molecule has 0 aliphatic rings. The van der Waals surface area contributed by atoms with Crippen LogP contribution in [-0.2, 0) is 0 Å². The van der Waals surface area contributed by atoms with Crippen molar-refractivity contribution >= 4 is 28.9 Å². The van der Waals surface area contributed by atoms with Crippen molar-refractivity contribution in [3.63, 3.8) is 0 Å². The highest BCUT2D eigenvalue weighted by Gasteiger charge is 2.08. The van der Waals surface area contributed by atoms with Gasteiger partial charge in [0.05, 0.1) is 17.4 Å². The van der Waals surface area contributed by atoms with Gasteiger partial charge in [0.1, 0.15) is 5.15 Å². The number of hydrogen-bond donors (Lipinski definition) is 2. The molecule has 0 radical (unpaired) electrons. The summed E-state index contributed by atoms with van der Waals surface area (Å²) in [5.41, 5.74) is 7.14. The fraction of sp³-hybridized carbons (Fsp3) is 0. The Hall–Kier alpha value is -2.07. The highest BCUT2D eigenvalue weighted by Crippen LogP contribution is 2.14. The molecule has 0 saturated heterocycles. The molecule has 1 heterocycles. The third-order valence-electron chi connectivity index (χ3n) is 2.19. The number of carbonyl (C=O) groups excluding carboxylic acids is 1. The van der Waals surface area contributed by atoms with Crippen LogP contribution in [0.1, 0.15) is 10.4 Å². The Balaban J connectivity index is 2.17. The summed E-state index contributed by atoms with van der Waals surface area (Å²) in [6.07, 6.45) is 1.49. The second kappa shape index (κ2) is 4.84. The Morgan fingerprint density at radius 2 is 2.00 bits per heavy atom. The molecule has 0 unspecified atom stereocenters. The van der Waals surface area contributed by atoms with E-state index in [1.54, 1.807) is 36.4 Å². The molecule has 2 rings (SSSR count). The van der Waals surface area contributed by atoms with E-state index in [1.165, 1.54) is 6.20 Å². The van der Waals surface area contributed by atoms with Crippen molar-refractivity contribution in [2.45, 2.75) is 0 Å². The van der Waals surface area contributed by atoms with Gasteiger partial charge in [-0.2, -0.15) is 0 Å². The summed E-state index contributed by atoms with van der Waals surface area (Å²) in [6, 6.07) is 10.1. The highest BCUT2D eigenvalue weighted by molar-refractivity contribution is 6.29. The van der Waals surface area contributed by atoms with E-state index in [2.05, 4.69) is 10.3 Å². The number of pyridine rings is 1. The molecule has 0 bridgehead atoms. The first kappa shape index (κ1) is 11.4. The van der Waals surface area contributed by atoms with E-state index in [0.29, 0.717) is 22.1 Å². The average molecular weight is 248 g/mol. The maximum atomic E-state index is 11.9. The quantitative estimate of drug-likeness (QED) is 0.633. The molecule has 4 nitrogen and oxygen atoms in total. The van der Waals surface area contributed by atoms with Crippen molar-refractivity contribution in [1.29, 1.82) is 0 Å². The molecule has 2 aromatic rings. The number of carbonyl (C=O) groups is 1. The molecular weight excluding hydrogens is 238 g/mol. The molecule has 0 aliphatic heterocycles. The number of benzene rings is 1. The SMILES string of the molecule is Nc1ccccc1C(=O)Nc1ccc(Cl)nc1. The minimum Gasteiger partial charge on any atom is -0.398 e. The van der Waals surface area contributed by atoms with Gasteiger partial charge >= 0.3 is 0 Å². The number of nitrogens with zero attached hydrogens (tertiary/aromatic N) is 1. The fourth-order valence-corrected chi connectivity index (χ4v) is 1.46. The van der Waals surface area contributed by atoms with Crippen molar-refractivity contribution in [3.8, 4) is 0 Å². The Morgan fingerprint density at radius 1 is 1.24 bits per heavy atom. The second-order valence-electron chi connectivity index (χ2n) is 3.41. The lowest BCUT2D eigenvalue weighted by Gasteiger charge is -2.06. The molecule has 0 fully saturated rings. The molecule has 0 saturated carbocycles. The first-order valence-corrected chi connectivity index (χ1v) is 5.32. The van der Waals surface area contributed by atoms with E-state index in [0.717, 1.165) is 0 Å². The zero-order chi connectivity index (χ0) is 12.3. The number of rotatable bonds is 2. The first-order chi connectivity index (χ1) is 8.16. The topological polar surface area (TPSA) is 68.0 Å². The highest BCUT2D eigenvalue weighted by atomic mass is 35.5. The van der Waals surface area contributed by atoms with Crippen molar-refractivity contribution < 1.29 is 4.79 Å². The van der Waals surface area contributed by atoms with Crippen molar-refractivity contribution in [2.24, 2.45) is 0 Å². The predicted octanol–water partition coefficient (Wildman–Crippen LogP) is 2.57. The van der Waals surface area contributed by atoms with Gasteiger partial charge in [0.2, 0.25) is 0 Å². The predicted molar refractivity (Wildman–Crippen MR) is 68.1 cm³/mol. The molecule has 3 N–H and O–H groups in total. The zero-order valence-corrected chi connectivity index (χ0v) is 9.61. The number of para-hydroxylation sites is 1. The molecule has 1 aromatic heterocycles. The summed E-state index contributed by atoms with van der Waals surface area (Å²) >= 11 is 5.65. The third-order valence-corrected chi connectivity index (χ3v) is 2.41. The Kier molecular flexibility index (Phi) is 3.25. The normalized spacial score (nSPS) is 9.94. The average Bonchev–Trinajstić information content (AvgIpc) is 2.32. The van der Waals surface area contributed by atoms with Gasteiger partial charge in [0.15, 0.2) is 0 Å². The number of nitrogens with one attached hydrogen (secondary N) is 1. The van der Waals surface area contributed by atoms with Crippen LogP contribution >= 0.6 is 11.6 Å². The van der Waals surface area contributed by atoms with Gasteiger partial charge in [-0.25, -0.2) is 4.98 Å². The van der Waals surface area contributed by atoms with Crippen LogP contribution < -0.4 is 11.1 Å². The molecule has 17 heavy (non-hydrogen) atoms. The number of amides is 1. The van der Waals surface area contributed by atoms with Crippen LogP contribution in [0.3, 0.4) is 0 Å². The van der Waals surface area contributed by atoms with Gasteiger partial charge in [-0.15, -0.1) is 0 Å². The first-order valence-electron chi connectivity index (χ1n) is 4.94.